The minimum atomic E-state index is -0.0493. The van der Waals surface area contributed by atoms with Crippen LogP contribution in [0, 0.1) is 0 Å². The van der Waals surface area contributed by atoms with Crippen LogP contribution in [0.1, 0.15) is 18.5 Å². The first kappa shape index (κ1) is 17.8. The molecular formula is C19H24N2O3. The second-order valence-electron chi connectivity index (χ2n) is 5.42. The van der Waals surface area contributed by atoms with Crippen LogP contribution in [-0.2, 0) is 9.53 Å². The normalized spacial score (nSPS) is 11.6. The number of rotatable bonds is 9. The minimum absolute atomic E-state index is 0.0166. The standard InChI is InChI=1S/C19H24N2O3/c1-15(16-6-4-3-5-7-16)21-19(22)14-20-17-8-10-18(11-9-17)24-13-12-23-2/h3-11,15,20H,12-14H2,1-2H3,(H,21,22). The summed E-state index contributed by atoms with van der Waals surface area (Å²) < 4.78 is 10.4. The van der Waals surface area contributed by atoms with Gasteiger partial charge in [-0.15, -0.1) is 0 Å². The molecule has 0 aliphatic carbocycles. The predicted molar refractivity (Wildman–Crippen MR) is 95.3 cm³/mol. The number of ether oxygens (including phenoxy) is 2. The van der Waals surface area contributed by atoms with E-state index in [1.54, 1.807) is 7.11 Å². The van der Waals surface area contributed by atoms with E-state index in [9.17, 15) is 4.79 Å². The van der Waals surface area contributed by atoms with Crippen LogP contribution >= 0.6 is 0 Å². The Balaban J connectivity index is 1.75. The molecule has 0 saturated carbocycles. The summed E-state index contributed by atoms with van der Waals surface area (Å²) in [4.78, 5) is 12.0. The molecular weight excluding hydrogens is 304 g/mol. The summed E-state index contributed by atoms with van der Waals surface area (Å²) in [6, 6.07) is 17.4. The van der Waals surface area contributed by atoms with Gasteiger partial charge in [0.15, 0.2) is 0 Å². The van der Waals surface area contributed by atoms with Crippen molar-refractivity contribution in [1.82, 2.24) is 5.32 Å². The number of hydrogen-bond donors (Lipinski definition) is 2. The molecule has 0 saturated heterocycles. The Morgan fingerprint density at radius 1 is 1.04 bits per heavy atom. The molecule has 128 valence electrons. The van der Waals surface area contributed by atoms with E-state index in [-0.39, 0.29) is 18.5 Å². The number of benzene rings is 2. The van der Waals surface area contributed by atoms with E-state index in [4.69, 9.17) is 9.47 Å². The number of anilines is 1. The monoisotopic (exact) mass is 328 g/mol. The highest BCUT2D eigenvalue weighted by Crippen LogP contribution is 2.15. The van der Waals surface area contributed by atoms with E-state index in [1.807, 2.05) is 61.5 Å². The maximum Gasteiger partial charge on any atom is 0.239 e. The summed E-state index contributed by atoms with van der Waals surface area (Å²) in [5, 5.41) is 6.08. The van der Waals surface area contributed by atoms with Crippen molar-refractivity contribution in [3.05, 3.63) is 60.2 Å². The van der Waals surface area contributed by atoms with Gasteiger partial charge in [0.25, 0.3) is 0 Å². The first-order chi connectivity index (χ1) is 11.7. The quantitative estimate of drug-likeness (QED) is 0.695. The largest absolute Gasteiger partial charge is 0.491 e. The van der Waals surface area contributed by atoms with Crippen molar-refractivity contribution < 1.29 is 14.3 Å². The van der Waals surface area contributed by atoms with Crippen LogP contribution in [0.4, 0.5) is 5.69 Å². The van der Waals surface area contributed by atoms with Crippen LogP contribution in [-0.4, -0.2) is 32.8 Å². The summed E-state index contributed by atoms with van der Waals surface area (Å²) in [5.74, 6) is 0.728. The van der Waals surface area contributed by atoms with Gasteiger partial charge in [0.1, 0.15) is 12.4 Å². The summed E-state index contributed by atoms with van der Waals surface area (Å²) in [5.41, 5.74) is 1.96. The van der Waals surface area contributed by atoms with E-state index in [0.717, 1.165) is 17.0 Å². The molecule has 0 aromatic heterocycles. The predicted octanol–water partition coefficient (Wildman–Crippen LogP) is 3.00. The third-order valence-corrected chi connectivity index (χ3v) is 3.54. The van der Waals surface area contributed by atoms with Crippen molar-refractivity contribution >= 4 is 11.6 Å². The zero-order valence-electron chi connectivity index (χ0n) is 14.1. The molecule has 0 fully saturated rings. The lowest BCUT2D eigenvalue weighted by atomic mass is 10.1. The highest BCUT2D eigenvalue weighted by atomic mass is 16.5. The number of amides is 1. The molecule has 5 nitrogen and oxygen atoms in total. The van der Waals surface area contributed by atoms with Gasteiger partial charge in [0.2, 0.25) is 5.91 Å². The van der Waals surface area contributed by atoms with Gasteiger partial charge in [0, 0.05) is 12.8 Å². The van der Waals surface area contributed by atoms with Gasteiger partial charge in [-0.25, -0.2) is 0 Å². The number of carbonyl (C=O) groups is 1. The van der Waals surface area contributed by atoms with Crippen LogP contribution in [0.25, 0.3) is 0 Å². The minimum Gasteiger partial charge on any atom is -0.491 e. The SMILES string of the molecule is COCCOc1ccc(NCC(=O)NC(C)c2ccccc2)cc1. The highest BCUT2D eigenvalue weighted by Gasteiger charge is 2.08. The summed E-state index contributed by atoms with van der Waals surface area (Å²) in [7, 11) is 1.64. The van der Waals surface area contributed by atoms with Gasteiger partial charge in [-0.1, -0.05) is 30.3 Å². The average molecular weight is 328 g/mol. The topological polar surface area (TPSA) is 59.6 Å². The molecule has 1 unspecified atom stereocenters. The van der Waals surface area contributed by atoms with Crippen LogP contribution in [0.15, 0.2) is 54.6 Å². The fraction of sp³-hybridized carbons (Fsp3) is 0.316. The van der Waals surface area contributed by atoms with E-state index < -0.39 is 0 Å². The van der Waals surface area contributed by atoms with Crippen molar-refractivity contribution in [2.75, 3.05) is 32.2 Å². The van der Waals surface area contributed by atoms with Crippen molar-refractivity contribution in [2.24, 2.45) is 0 Å². The van der Waals surface area contributed by atoms with Gasteiger partial charge in [0.05, 0.1) is 19.2 Å². The van der Waals surface area contributed by atoms with Crippen molar-refractivity contribution in [2.45, 2.75) is 13.0 Å². The molecule has 2 rings (SSSR count). The Labute approximate surface area is 143 Å². The lowest BCUT2D eigenvalue weighted by Gasteiger charge is -2.15. The van der Waals surface area contributed by atoms with Crippen LogP contribution in [0.2, 0.25) is 0 Å². The molecule has 1 atom stereocenters. The van der Waals surface area contributed by atoms with Crippen molar-refractivity contribution in [1.29, 1.82) is 0 Å². The van der Waals surface area contributed by atoms with Crippen molar-refractivity contribution in [3.8, 4) is 5.75 Å². The van der Waals surface area contributed by atoms with Crippen LogP contribution in [0.3, 0.4) is 0 Å². The Kier molecular flexibility index (Phi) is 7.11. The van der Waals surface area contributed by atoms with Crippen LogP contribution < -0.4 is 15.4 Å². The smallest absolute Gasteiger partial charge is 0.239 e. The zero-order chi connectivity index (χ0) is 17.2. The fourth-order valence-electron chi connectivity index (χ4n) is 2.21. The van der Waals surface area contributed by atoms with Gasteiger partial charge in [-0.3, -0.25) is 4.79 Å². The summed E-state index contributed by atoms with van der Waals surface area (Å²) in [6.07, 6.45) is 0. The van der Waals surface area contributed by atoms with Crippen LogP contribution in [0.5, 0.6) is 5.75 Å². The van der Waals surface area contributed by atoms with E-state index in [1.165, 1.54) is 0 Å². The van der Waals surface area contributed by atoms with Crippen molar-refractivity contribution in [3.63, 3.8) is 0 Å². The number of methoxy groups -OCH3 is 1. The molecule has 2 aromatic rings. The third-order valence-electron chi connectivity index (χ3n) is 3.54. The maximum atomic E-state index is 12.0. The average Bonchev–Trinajstić information content (AvgIpc) is 2.62. The molecule has 2 aromatic carbocycles. The third kappa shape index (κ3) is 5.93. The first-order valence-electron chi connectivity index (χ1n) is 7.99. The Bertz CT molecular complexity index is 614. The fourth-order valence-corrected chi connectivity index (χ4v) is 2.21. The number of nitrogens with one attached hydrogen (secondary N) is 2. The Morgan fingerprint density at radius 2 is 1.75 bits per heavy atom. The zero-order valence-corrected chi connectivity index (χ0v) is 14.1. The molecule has 1 amide bonds. The second-order valence-corrected chi connectivity index (χ2v) is 5.42. The second kappa shape index (κ2) is 9.57. The number of hydrogen-bond acceptors (Lipinski definition) is 4. The molecule has 0 bridgehead atoms. The molecule has 0 aliphatic heterocycles. The molecule has 0 heterocycles. The molecule has 0 aliphatic rings. The summed E-state index contributed by atoms with van der Waals surface area (Å²) >= 11 is 0. The van der Waals surface area contributed by atoms with Gasteiger partial charge in [-0.2, -0.15) is 0 Å². The Hall–Kier alpha value is -2.53. The molecule has 5 heteroatoms. The van der Waals surface area contributed by atoms with Gasteiger partial charge < -0.3 is 20.1 Å². The molecule has 2 N–H and O–H groups in total. The van der Waals surface area contributed by atoms with E-state index in [0.29, 0.717) is 13.2 Å². The number of carbonyl (C=O) groups excluding carboxylic acids is 1. The highest BCUT2D eigenvalue weighted by molar-refractivity contribution is 5.81. The Morgan fingerprint density at radius 3 is 2.42 bits per heavy atom. The molecule has 0 radical (unpaired) electrons. The molecule has 0 spiro atoms. The lowest BCUT2D eigenvalue weighted by Crippen LogP contribution is -2.32. The molecule has 24 heavy (non-hydrogen) atoms. The van der Waals surface area contributed by atoms with Gasteiger partial charge in [-0.05, 0) is 36.8 Å². The first-order valence-corrected chi connectivity index (χ1v) is 7.99. The lowest BCUT2D eigenvalue weighted by molar-refractivity contribution is -0.120. The van der Waals surface area contributed by atoms with E-state index >= 15 is 0 Å². The van der Waals surface area contributed by atoms with Gasteiger partial charge >= 0.3 is 0 Å². The maximum absolute atomic E-state index is 12.0. The summed E-state index contributed by atoms with van der Waals surface area (Å²) in [6.45, 7) is 3.27. The van der Waals surface area contributed by atoms with E-state index in [2.05, 4.69) is 10.6 Å².